The predicted octanol–water partition coefficient (Wildman–Crippen LogP) is -1.69. The molecule has 1 aliphatic rings. The number of allylic oxidation sites excluding steroid dienone is 1. The molecule has 4 N–H and O–H groups in total. The van der Waals surface area contributed by atoms with Gasteiger partial charge < -0.3 is 10.4 Å². The maximum Gasteiger partial charge on any atom is 0.379 e. The normalized spacial score (nSPS) is 33.6. The van der Waals surface area contributed by atoms with Crippen LogP contribution in [0.2, 0.25) is 0 Å². The summed E-state index contributed by atoms with van der Waals surface area (Å²) in [6.45, 7) is 1.50. The molecule has 0 aliphatic carbocycles. The Labute approximate surface area is 73.4 Å². The van der Waals surface area contributed by atoms with Gasteiger partial charge in [-0.15, -0.1) is 0 Å². The first-order valence-corrected chi connectivity index (χ1v) is 3.50. The molecule has 0 saturated carbocycles. The van der Waals surface area contributed by atoms with Gasteiger partial charge in [-0.3, -0.25) is 20.6 Å². The van der Waals surface area contributed by atoms with Crippen molar-refractivity contribution >= 4 is 5.91 Å². The van der Waals surface area contributed by atoms with Gasteiger partial charge in [0.1, 0.15) is 0 Å². The SMILES string of the molecule is CC1=CC(O)C(N)([N+](=O)[O-])C(=O)N1. The number of nitrogens with two attached hydrogens (primary N) is 1. The molecular weight excluding hydrogens is 178 g/mol. The minimum Gasteiger partial charge on any atom is -0.379 e. The fourth-order valence-electron chi connectivity index (χ4n) is 1.01. The van der Waals surface area contributed by atoms with Gasteiger partial charge in [-0.25, -0.2) is 0 Å². The molecule has 0 spiro atoms. The van der Waals surface area contributed by atoms with Gasteiger partial charge >= 0.3 is 11.6 Å². The van der Waals surface area contributed by atoms with E-state index >= 15 is 0 Å². The van der Waals surface area contributed by atoms with Crippen LogP contribution in [0.25, 0.3) is 0 Å². The van der Waals surface area contributed by atoms with Gasteiger partial charge in [-0.1, -0.05) is 0 Å². The van der Waals surface area contributed by atoms with Gasteiger partial charge in [-0.2, -0.15) is 0 Å². The lowest BCUT2D eigenvalue weighted by Gasteiger charge is -2.27. The summed E-state index contributed by atoms with van der Waals surface area (Å²) in [7, 11) is 0. The molecule has 1 rings (SSSR count). The number of aliphatic hydroxyl groups excluding tert-OH is 1. The molecule has 0 aromatic carbocycles. The van der Waals surface area contributed by atoms with Crippen molar-refractivity contribution in [2.75, 3.05) is 0 Å². The number of aliphatic hydroxyl groups is 1. The number of hydrogen-bond acceptors (Lipinski definition) is 5. The summed E-state index contributed by atoms with van der Waals surface area (Å²) < 4.78 is 0. The molecule has 0 fully saturated rings. The molecule has 0 bridgehead atoms. The van der Waals surface area contributed by atoms with Crippen LogP contribution in [0.15, 0.2) is 11.8 Å². The zero-order valence-electron chi connectivity index (χ0n) is 6.85. The smallest absolute Gasteiger partial charge is 0.379 e. The van der Waals surface area contributed by atoms with Gasteiger partial charge in [0.15, 0.2) is 6.10 Å². The lowest BCUT2D eigenvalue weighted by molar-refractivity contribution is -0.561. The molecular formula is C6H9N3O4. The number of amides is 1. The molecule has 13 heavy (non-hydrogen) atoms. The summed E-state index contributed by atoms with van der Waals surface area (Å²) in [5.74, 6) is -1.01. The molecule has 0 radical (unpaired) electrons. The Morgan fingerprint density at radius 2 is 2.38 bits per heavy atom. The Morgan fingerprint density at radius 1 is 1.85 bits per heavy atom. The first-order valence-electron chi connectivity index (χ1n) is 3.50. The second kappa shape index (κ2) is 2.79. The second-order valence-electron chi connectivity index (χ2n) is 2.83. The van der Waals surface area contributed by atoms with Gasteiger partial charge in [-0.05, 0) is 13.0 Å². The first kappa shape index (κ1) is 9.62. The third-order valence-corrected chi connectivity index (χ3v) is 1.84. The Kier molecular flexibility index (Phi) is 2.06. The average molecular weight is 187 g/mol. The second-order valence-corrected chi connectivity index (χ2v) is 2.83. The molecule has 2 unspecified atom stereocenters. The van der Waals surface area contributed by atoms with E-state index in [9.17, 15) is 20.0 Å². The summed E-state index contributed by atoms with van der Waals surface area (Å²) in [4.78, 5) is 20.5. The molecule has 0 saturated heterocycles. The number of rotatable bonds is 1. The van der Waals surface area contributed by atoms with Crippen molar-refractivity contribution in [3.8, 4) is 0 Å². The number of nitrogens with zero attached hydrogens (tertiary/aromatic N) is 1. The van der Waals surface area contributed by atoms with Gasteiger partial charge in [0.25, 0.3) is 0 Å². The first-order chi connectivity index (χ1) is 5.89. The van der Waals surface area contributed by atoms with Crippen LogP contribution in [0.5, 0.6) is 0 Å². The molecule has 7 nitrogen and oxygen atoms in total. The fourth-order valence-corrected chi connectivity index (χ4v) is 1.01. The Morgan fingerprint density at radius 3 is 2.77 bits per heavy atom. The Bertz CT molecular complexity index is 300. The van der Waals surface area contributed by atoms with Gasteiger partial charge in [0.2, 0.25) is 0 Å². The zero-order chi connectivity index (χ0) is 10.2. The van der Waals surface area contributed by atoms with Crippen molar-refractivity contribution in [3.05, 3.63) is 21.9 Å². The molecule has 7 heteroatoms. The van der Waals surface area contributed by atoms with Crippen LogP contribution in [0.4, 0.5) is 0 Å². The van der Waals surface area contributed by atoms with Crippen molar-refractivity contribution in [1.29, 1.82) is 0 Å². The molecule has 0 aromatic rings. The highest BCUT2D eigenvalue weighted by atomic mass is 16.6. The minimum absolute atomic E-state index is 0.348. The van der Waals surface area contributed by atoms with E-state index in [4.69, 9.17) is 5.73 Å². The van der Waals surface area contributed by atoms with Crippen LogP contribution < -0.4 is 11.1 Å². The quantitative estimate of drug-likeness (QED) is 0.257. The van der Waals surface area contributed by atoms with Crippen LogP contribution in [0, 0.1) is 10.1 Å². The lowest BCUT2D eigenvalue weighted by Crippen LogP contribution is -2.67. The summed E-state index contributed by atoms with van der Waals surface area (Å²) >= 11 is 0. The maximum atomic E-state index is 11.1. The number of carbonyl (C=O) groups excluding carboxylic acids is 1. The standard InChI is InChI=1S/C6H9N3O4/c1-3-2-4(10)6(7,9(12)13)5(11)8-3/h2,4,10H,7H2,1H3,(H,8,11). The highest BCUT2D eigenvalue weighted by molar-refractivity contribution is 5.87. The molecule has 2 atom stereocenters. The highest BCUT2D eigenvalue weighted by Gasteiger charge is 2.55. The van der Waals surface area contributed by atoms with E-state index in [1.165, 1.54) is 6.92 Å². The summed E-state index contributed by atoms with van der Waals surface area (Å²) in [5, 5.41) is 21.8. The van der Waals surface area contributed by atoms with Gasteiger partial charge in [0, 0.05) is 5.70 Å². The van der Waals surface area contributed by atoms with Gasteiger partial charge in [0.05, 0.1) is 4.92 Å². The largest absolute Gasteiger partial charge is 0.379 e. The number of nitro groups is 1. The maximum absolute atomic E-state index is 11.1. The third-order valence-electron chi connectivity index (χ3n) is 1.84. The Hall–Kier alpha value is -1.47. The van der Waals surface area contributed by atoms with Crippen LogP contribution in [-0.4, -0.2) is 27.7 Å². The number of nitrogens with one attached hydrogen (secondary N) is 1. The van der Waals surface area contributed by atoms with E-state index in [0.717, 1.165) is 6.08 Å². The molecule has 72 valence electrons. The van der Waals surface area contributed by atoms with E-state index in [0.29, 0.717) is 5.70 Å². The van der Waals surface area contributed by atoms with Crippen molar-refractivity contribution in [2.24, 2.45) is 5.73 Å². The third kappa shape index (κ3) is 1.27. The van der Waals surface area contributed by atoms with E-state index in [1.807, 2.05) is 0 Å². The van der Waals surface area contributed by atoms with Crippen molar-refractivity contribution in [1.82, 2.24) is 5.32 Å². The predicted molar refractivity (Wildman–Crippen MR) is 41.8 cm³/mol. The zero-order valence-corrected chi connectivity index (χ0v) is 6.85. The van der Waals surface area contributed by atoms with E-state index < -0.39 is 22.6 Å². The summed E-state index contributed by atoms with van der Waals surface area (Å²) in [5.41, 5.74) is 3.02. The van der Waals surface area contributed by atoms with Crippen LogP contribution in [-0.2, 0) is 4.79 Å². The lowest BCUT2D eigenvalue weighted by atomic mass is 9.99. The molecule has 1 aliphatic heterocycles. The van der Waals surface area contributed by atoms with Crippen molar-refractivity contribution in [2.45, 2.75) is 18.7 Å². The monoisotopic (exact) mass is 187 g/mol. The van der Waals surface area contributed by atoms with Crippen molar-refractivity contribution in [3.63, 3.8) is 0 Å². The van der Waals surface area contributed by atoms with E-state index in [2.05, 4.69) is 5.32 Å². The van der Waals surface area contributed by atoms with E-state index in [1.54, 1.807) is 0 Å². The summed E-state index contributed by atoms with van der Waals surface area (Å²) in [6.07, 6.45) is -0.472. The van der Waals surface area contributed by atoms with Crippen molar-refractivity contribution < 1.29 is 14.8 Å². The molecule has 1 heterocycles. The summed E-state index contributed by atoms with van der Waals surface area (Å²) in [6, 6.07) is 0. The highest BCUT2D eigenvalue weighted by Crippen LogP contribution is 2.16. The average Bonchev–Trinajstić information content (AvgIpc) is 1.99. The number of hydrogen-bond donors (Lipinski definition) is 3. The molecule has 1 amide bonds. The topological polar surface area (TPSA) is 118 Å². The Balaban J connectivity index is 3.12. The van der Waals surface area contributed by atoms with E-state index in [-0.39, 0.29) is 0 Å². The van der Waals surface area contributed by atoms with Crippen LogP contribution in [0.3, 0.4) is 0 Å². The van der Waals surface area contributed by atoms with Crippen LogP contribution in [0.1, 0.15) is 6.92 Å². The number of carbonyl (C=O) groups is 1. The minimum atomic E-state index is -2.47. The van der Waals surface area contributed by atoms with Crippen LogP contribution >= 0.6 is 0 Å². The molecule has 0 aromatic heterocycles. The fraction of sp³-hybridized carbons (Fsp3) is 0.500.